The Bertz CT molecular complexity index is 654. The molecular weight excluding hydrogens is 307 g/mol. The van der Waals surface area contributed by atoms with Crippen molar-refractivity contribution in [3.8, 4) is 0 Å². The van der Waals surface area contributed by atoms with Crippen molar-refractivity contribution in [2.45, 2.75) is 26.7 Å². The Balaban J connectivity index is 2.36. The van der Waals surface area contributed by atoms with Crippen LogP contribution in [0, 0.1) is 0 Å². The van der Waals surface area contributed by atoms with Gasteiger partial charge in [-0.3, -0.25) is 4.79 Å². The maximum atomic E-state index is 12.3. The molecule has 1 N–H and O–H groups in total. The van der Waals surface area contributed by atoms with Crippen LogP contribution in [0.5, 0.6) is 0 Å². The molecule has 0 bridgehead atoms. The molecule has 1 heterocycles. The van der Waals surface area contributed by atoms with Gasteiger partial charge in [-0.1, -0.05) is 43.1 Å². The van der Waals surface area contributed by atoms with Gasteiger partial charge in [-0.25, -0.2) is 4.98 Å². The number of carbonyl (C=O) groups excluding carboxylic acids is 1. The van der Waals surface area contributed by atoms with Crippen molar-refractivity contribution in [2.24, 2.45) is 0 Å². The van der Waals surface area contributed by atoms with E-state index in [4.69, 9.17) is 23.2 Å². The quantitative estimate of drug-likeness (QED) is 0.824. The van der Waals surface area contributed by atoms with Crippen molar-refractivity contribution in [3.05, 3.63) is 57.3 Å². The summed E-state index contributed by atoms with van der Waals surface area (Å²) in [6.07, 6.45) is 3.03. The van der Waals surface area contributed by atoms with Gasteiger partial charge in [0.05, 0.1) is 5.56 Å². The zero-order valence-electron chi connectivity index (χ0n) is 11.9. The summed E-state index contributed by atoms with van der Waals surface area (Å²) in [5.41, 5.74) is 3.27. The van der Waals surface area contributed by atoms with Crippen molar-refractivity contribution in [2.75, 3.05) is 5.32 Å². The second-order valence-electron chi connectivity index (χ2n) is 4.59. The standard InChI is InChI=1S/C16H16Cl2N2O/c1-3-10-5-7-13(17)12(4-2)15(10)20-16(21)11-6-8-14(18)19-9-11/h5-9H,3-4H2,1-2H3,(H,20,21). The van der Waals surface area contributed by atoms with Gasteiger partial charge in [0, 0.05) is 16.9 Å². The maximum Gasteiger partial charge on any atom is 0.257 e. The minimum atomic E-state index is -0.217. The van der Waals surface area contributed by atoms with E-state index >= 15 is 0 Å². The average molecular weight is 323 g/mol. The zero-order valence-corrected chi connectivity index (χ0v) is 13.4. The molecule has 0 spiro atoms. The van der Waals surface area contributed by atoms with Gasteiger partial charge in [0.15, 0.2) is 0 Å². The number of carbonyl (C=O) groups is 1. The Kier molecular flexibility index (Phi) is 5.21. The second-order valence-corrected chi connectivity index (χ2v) is 5.39. The fraction of sp³-hybridized carbons (Fsp3) is 0.250. The van der Waals surface area contributed by atoms with Crippen molar-refractivity contribution in [1.82, 2.24) is 4.98 Å². The molecule has 0 radical (unpaired) electrons. The number of aryl methyl sites for hydroxylation is 1. The van der Waals surface area contributed by atoms with Crippen molar-refractivity contribution >= 4 is 34.8 Å². The summed E-state index contributed by atoms with van der Waals surface area (Å²) in [6, 6.07) is 7.05. The van der Waals surface area contributed by atoms with Crippen molar-refractivity contribution in [3.63, 3.8) is 0 Å². The van der Waals surface area contributed by atoms with Crippen LogP contribution in [0.25, 0.3) is 0 Å². The number of pyridine rings is 1. The van der Waals surface area contributed by atoms with E-state index < -0.39 is 0 Å². The molecule has 0 aliphatic carbocycles. The van der Waals surface area contributed by atoms with E-state index in [0.29, 0.717) is 15.7 Å². The van der Waals surface area contributed by atoms with Crippen LogP contribution in [-0.2, 0) is 12.8 Å². The number of nitrogens with zero attached hydrogens (tertiary/aromatic N) is 1. The first-order chi connectivity index (χ1) is 10.1. The van der Waals surface area contributed by atoms with Crippen LogP contribution in [0.1, 0.15) is 35.3 Å². The molecule has 0 unspecified atom stereocenters. The lowest BCUT2D eigenvalue weighted by atomic mass is 10.0. The number of benzene rings is 1. The molecule has 0 saturated carbocycles. The first-order valence-electron chi connectivity index (χ1n) is 6.80. The van der Waals surface area contributed by atoms with Gasteiger partial charge in [0.25, 0.3) is 5.91 Å². The SMILES string of the molecule is CCc1ccc(Cl)c(CC)c1NC(=O)c1ccc(Cl)nc1. The number of aromatic nitrogens is 1. The first kappa shape index (κ1) is 15.8. The molecule has 0 saturated heterocycles. The fourth-order valence-electron chi connectivity index (χ4n) is 2.16. The monoisotopic (exact) mass is 322 g/mol. The van der Waals surface area contributed by atoms with Gasteiger partial charge in [-0.15, -0.1) is 0 Å². The number of hydrogen-bond donors (Lipinski definition) is 1. The third-order valence-electron chi connectivity index (χ3n) is 3.30. The van der Waals surface area contributed by atoms with Crippen LogP contribution in [-0.4, -0.2) is 10.9 Å². The molecule has 110 valence electrons. The van der Waals surface area contributed by atoms with E-state index in [1.807, 2.05) is 26.0 Å². The van der Waals surface area contributed by atoms with Crippen molar-refractivity contribution in [1.29, 1.82) is 0 Å². The number of nitrogens with one attached hydrogen (secondary N) is 1. The van der Waals surface area contributed by atoms with E-state index in [0.717, 1.165) is 29.7 Å². The summed E-state index contributed by atoms with van der Waals surface area (Å²) in [5, 5.41) is 3.98. The minimum Gasteiger partial charge on any atom is -0.321 e. The molecule has 5 heteroatoms. The van der Waals surface area contributed by atoms with Crippen LogP contribution in [0.15, 0.2) is 30.5 Å². The highest BCUT2D eigenvalue weighted by Crippen LogP contribution is 2.29. The second kappa shape index (κ2) is 6.92. The molecule has 2 aromatic rings. The summed E-state index contributed by atoms with van der Waals surface area (Å²) in [5.74, 6) is -0.217. The van der Waals surface area contributed by atoms with Crippen LogP contribution < -0.4 is 5.32 Å². The van der Waals surface area contributed by atoms with Crippen LogP contribution >= 0.6 is 23.2 Å². The topological polar surface area (TPSA) is 42.0 Å². The summed E-state index contributed by atoms with van der Waals surface area (Å²) >= 11 is 12.0. The highest BCUT2D eigenvalue weighted by molar-refractivity contribution is 6.32. The highest BCUT2D eigenvalue weighted by atomic mass is 35.5. The van der Waals surface area contributed by atoms with E-state index in [-0.39, 0.29) is 5.91 Å². The van der Waals surface area contributed by atoms with Gasteiger partial charge >= 0.3 is 0 Å². The van der Waals surface area contributed by atoms with E-state index in [9.17, 15) is 4.79 Å². The molecule has 2 rings (SSSR count). The fourth-order valence-corrected chi connectivity index (χ4v) is 2.57. The van der Waals surface area contributed by atoms with E-state index in [1.165, 1.54) is 6.20 Å². The molecule has 0 atom stereocenters. The van der Waals surface area contributed by atoms with Gasteiger partial charge < -0.3 is 5.32 Å². The summed E-state index contributed by atoms with van der Waals surface area (Å²) in [7, 11) is 0. The third kappa shape index (κ3) is 3.55. The molecule has 1 aromatic carbocycles. The molecule has 0 fully saturated rings. The number of hydrogen-bond acceptors (Lipinski definition) is 2. The van der Waals surface area contributed by atoms with Gasteiger partial charge in [-0.2, -0.15) is 0 Å². The van der Waals surface area contributed by atoms with E-state index in [2.05, 4.69) is 10.3 Å². The normalized spacial score (nSPS) is 10.5. The number of anilines is 1. The van der Waals surface area contributed by atoms with Crippen LogP contribution in [0.4, 0.5) is 5.69 Å². The van der Waals surface area contributed by atoms with Crippen molar-refractivity contribution < 1.29 is 4.79 Å². The van der Waals surface area contributed by atoms with E-state index in [1.54, 1.807) is 12.1 Å². The Labute approximate surface area is 134 Å². The Morgan fingerprint density at radius 3 is 2.48 bits per heavy atom. The highest BCUT2D eigenvalue weighted by Gasteiger charge is 2.14. The molecule has 3 nitrogen and oxygen atoms in total. The molecule has 0 aliphatic rings. The number of amides is 1. The lowest BCUT2D eigenvalue weighted by molar-refractivity contribution is 0.102. The predicted molar refractivity (Wildman–Crippen MR) is 87.4 cm³/mol. The first-order valence-corrected chi connectivity index (χ1v) is 7.55. The van der Waals surface area contributed by atoms with Crippen LogP contribution in [0.3, 0.4) is 0 Å². The average Bonchev–Trinajstić information content (AvgIpc) is 2.48. The Morgan fingerprint density at radius 1 is 1.14 bits per heavy atom. The lowest BCUT2D eigenvalue weighted by Crippen LogP contribution is -2.15. The Hall–Kier alpha value is -1.58. The van der Waals surface area contributed by atoms with Gasteiger partial charge in [0.2, 0.25) is 0 Å². The molecular formula is C16H16Cl2N2O. The summed E-state index contributed by atoms with van der Waals surface area (Å²) in [4.78, 5) is 16.3. The lowest BCUT2D eigenvalue weighted by Gasteiger charge is -2.16. The minimum absolute atomic E-state index is 0.217. The Morgan fingerprint density at radius 2 is 1.90 bits per heavy atom. The zero-order chi connectivity index (χ0) is 15.4. The molecule has 1 amide bonds. The molecule has 0 aliphatic heterocycles. The number of rotatable bonds is 4. The van der Waals surface area contributed by atoms with Gasteiger partial charge in [-0.05, 0) is 42.2 Å². The van der Waals surface area contributed by atoms with Crippen LogP contribution in [0.2, 0.25) is 10.2 Å². The molecule has 21 heavy (non-hydrogen) atoms. The third-order valence-corrected chi connectivity index (χ3v) is 3.88. The maximum absolute atomic E-state index is 12.3. The van der Waals surface area contributed by atoms with Gasteiger partial charge in [0.1, 0.15) is 5.15 Å². The summed E-state index contributed by atoms with van der Waals surface area (Å²) in [6.45, 7) is 4.06. The largest absolute Gasteiger partial charge is 0.321 e. The predicted octanol–water partition coefficient (Wildman–Crippen LogP) is 4.77. The molecule has 1 aromatic heterocycles. The number of halogens is 2. The smallest absolute Gasteiger partial charge is 0.257 e. The summed E-state index contributed by atoms with van der Waals surface area (Å²) < 4.78 is 0.